The Morgan fingerprint density at radius 2 is 1.76 bits per heavy atom. The number of ether oxygens (including phenoxy) is 2. The van der Waals surface area contributed by atoms with E-state index in [0.717, 1.165) is 0 Å². The van der Waals surface area contributed by atoms with Crippen LogP contribution in [0.5, 0.6) is 0 Å². The molecule has 1 aromatic rings. The number of benzene rings is 1. The molecule has 0 saturated heterocycles. The molecule has 1 aromatic carbocycles. The summed E-state index contributed by atoms with van der Waals surface area (Å²) in [7, 11) is 1.18. The molecule has 1 rings (SSSR count). The first-order valence-electron chi connectivity index (χ1n) is 6.55. The first kappa shape index (κ1) is 17.0. The van der Waals surface area contributed by atoms with Gasteiger partial charge in [0.1, 0.15) is 11.7 Å². The first-order valence-corrected chi connectivity index (χ1v) is 6.55. The van der Waals surface area contributed by atoms with Crippen LogP contribution in [0.15, 0.2) is 30.3 Å². The fourth-order valence-corrected chi connectivity index (χ4v) is 1.67. The molecule has 6 heteroatoms. The van der Waals surface area contributed by atoms with E-state index in [-0.39, 0.29) is 0 Å². The van der Waals surface area contributed by atoms with E-state index in [1.54, 1.807) is 51.1 Å². The predicted octanol–water partition coefficient (Wildman–Crippen LogP) is 1.79. The smallest absolute Gasteiger partial charge is 0.408 e. The summed E-state index contributed by atoms with van der Waals surface area (Å²) in [5, 5.41) is 12.6. The first-order chi connectivity index (χ1) is 9.74. The van der Waals surface area contributed by atoms with Gasteiger partial charge in [-0.1, -0.05) is 30.3 Å². The molecule has 2 atom stereocenters. The van der Waals surface area contributed by atoms with E-state index in [1.807, 2.05) is 0 Å². The van der Waals surface area contributed by atoms with Crippen molar-refractivity contribution in [1.82, 2.24) is 5.32 Å². The van der Waals surface area contributed by atoms with Gasteiger partial charge in [0.2, 0.25) is 0 Å². The van der Waals surface area contributed by atoms with Crippen molar-refractivity contribution in [3.63, 3.8) is 0 Å². The van der Waals surface area contributed by atoms with E-state index in [2.05, 4.69) is 10.1 Å². The van der Waals surface area contributed by atoms with Crippen LogP contribution in [0.2, 0.25) is 0 Å². The Balaban J connectivity index is 2.86. The lowest BCUT2D eigenvalue weighted by atomic mass is 10.0. The van der Waals surface area contributed by atoms with E-state index >= 15 is 0 Å². The maximum absolute atomic E-state index is 11.8. The van der Waals surface area contributed by atoms with Crippen molar-refractivity contribution >= 4 is 12.1 Å². The summed E-state index contributed by atoms with van der Waals surface area (Å²) >= 11 is 0. The van der Waals surface area contributed by atoms with Crippen molar-refractivity contribution in [1.29, 1.82) is 0 Å². The number of hydrogen-bond acceptors (Lipinski definition) is 5. The lowest BCUT2D eigenvalue weighted by molar-refractivity contribution is -0.146. The molecule has 0 aliphatic carbocycles. The van der Waals surface area contributed by atoms with Gasteiger partial charge in [-0.25, -0.2) is 9.59 Å². The molecule has 0 heterocycles. The zero-order valence-electron chi connectivity index (χ0n) is 12.6. The second-order valence-electron chi connectivity index (χ2n) is 5.50. The minimum atomic E-state index is -1.24. The molecule has 0 aromatic heterocycles. The standard InChI is InChI=1S/C15H21NO5/c1-15(2,3)21-14(19)16-11(13(18)20-4)12(17)10-8-6-5-7-9-10/h5-9,11-12,17H,1-4H3,(H,16,19). The Kier molecular flexibility index (Phi) is 5.72. The van der Waals surface area contributed by atoms with Crippen molar-refractivity contribution < 1.29 is 24.2 Å². The van der Waals surface area contributed by atoms with E-state index < -0.39 is 29.8 Å². The fourth-order valence-electron chi connectivity index (χ4n) is 1.67. The number of aliphatic hydroxyl groups excluding tert-OH is 1. The number of hydrogen-bond donors (Lipinski definition) is 2. The maximum atomic E-state index is 11.8. The molecule has 0 spiro atoms. The molecular weight excluding hydrogens is 274 g/mol. The SMILES string of the molecule is COC(=O)C(NC(=O)OC(C)(C)C)C(O)c1ccccc1. The van der Waals surface area contributed by atoms with Crippen LogP contribution in [0.3, 0.4) is 0 Å². The van der Waals surface area contributed by atoms with E-state index in [9.17, 15) is 14.7 Å². The van der Waals surface area contributed by atoms with Gasteiger partial charge in [-0.2, -0.15) is 0 Å². The summed E-state index contributed by atoms with van der Waals surface area (Å²) in [4.78, 5) is 23.5. The van der Waals surface area contributed by atoms with Gasteiger partial charge in [0, 0.05) is 0 Å². The largest absolute Gasteiger partial charge is 0.467 e. The lowest BCUT2D eigenvalue weighted by Crippen LogP contribution is -2.47. The minimum Gasteiger partial charge on any atom is -0.467 e. The van der Waals surface area contributed by atoms with Gasteiger partial charge in [0.15, 0.2) is 6.04 Å². The fraction of sp³-hybridized carbons (Fsp3) is 0.467. The van der Waals surface area contributed by atoms with Crippen LogP contribution in [0, 0.1) is 0 Å². The highest BCUT2D eigenvalue weighted by molar-refractivity contribution is 5.82. The van der Waals surface area contributed by atoms with E-state index in [4.69, 9.17) is 4.74 Å². The molecule has 116 valence electrons. The number of alkyl carbamates (subject to hydrolysis) is 1. The molecule has 0 aliphatic rings. The zero-order chi connectivity index (χ0) is 16.0. The molecule has 0 radical (unpaired) electrons. The molecule has 21 heavy (non-hydrogen) atoms. The van der Waals surface area contributed by atoms with Crippen molar-refractivity contribution in [2.24, 2.45) is 0 Å². The van der Waals surface area contributed by atoms with E-state index in [1.165, 1.54) is 7.11 Å². The monoisotopic (exact) mass is 295 g/mol. The van der Waals surface area contributed by atoms with Gasteiger partial charge < -0.3 is 19.9 Å². The van der Waals surface area contributed by atoms with Crippen molar-refractivity contribution in [3.05, 3.63) is 35.9 Å². The number of nitrogens with one attached hydrogen (secondary N) is 1. The Bertz CT molecular complexity index is 481. The minimum absolute atomic E-state index is 0.490. The summed E-state index contributed by atoms with van der Waals surface area (Å²) in [5.74, 6) is -0.753. The zero-order valence-corrected chi connectivity index (χ0v) is 12.6. The van der Waals surface area contributed by atoms with E-state index in [0.29, 0.717) is 5.56 Å². The molecule has 0 fully saturated rings. The lowest BCUT2D eigenvalue weighted by Gasteiger charge is -2.25. The third-order valence-corrected chi connectivity index (χ3v) is 2.58. The molecule has 6 nitrogen and oxygen atoms in total. The number of methoxy groups -OCH3 is 1. The van der Waals surface area contributed by atoms with Crippen LogP contribution < -0.4 is 5.32 Å². The molecule has 0 aliphatic heterocycles. The van der Waals surface area contributed by atoms with Crippen LogP contribution in [0.25, 0.3) is 0 Å². The normalized spacial score (nSPS) is 14.0. The molecule has 0 saturated carbocycles. The summed E-state index contributed by atoms with van der Waals surface area (Å²) < 4.78 is 9.70. The second-order valence-corrected chi connectivity index (χ2v) is 5.50. The third kappa shape index (κ3) is 5.43. The van der Waals surface area contributed by atoms with Crippen LogP contribution in [-0.2, 0) is 14.3 Å². The van der Waals surface area contributed by atoms with Crippen LogP contribution in [0.1, 0.15) is 32.4 Å². The molecule has 0 bridgehead atoms. The highest BCUT2D eigenvalue weighted by atomic mass is 16.6. The molecule has 2 N–H and O–H groups in total. The number of esters is 1. The van der Waals surface area contributed by atoms with Crippen molar-refractivity contribution in [2.45, 2.75) is 38.5 Å². The van der Waals surface area contributed by atoms with Crippen molar-refractivity contribution in [2.75, 3.05) is 7.11 Å². The summed E-state index contributed by atoms with van der Waals surface area (Å²) in [6.45, 7) is 5.11. The number of carbonyl (C=O) groups is 2. The summed E-state index contributed by atoms with van der Waals surface area (Å²) in [5.41, 5.74) is -0.216. The van der Waals surface area contributed by atoms with Gasteiger partial charge in [-0.15, -0.1) is 0 Å². The summed E-state index contributed by atoms with van der Waals surface area (Å²) in [6, 6.07) is 7.28. The molecule has 2 unspecified atom stereocenters. The van der Waals surface area contributed by atoms with Gasteiger partial charge in [0.05, 0.1) is 7.11 Å². The van der Waals surface area contributed by atoms with Crippen LogP contribution in [-0.4, -0.2) is 35.9 Å². The number of amides is 1. The highest BCUT2D eigenvalue weighted by Gasteiger charge is 2.32. The number of carbonyl (C=O) groups excluding carboxylic acids is 2. The predicted molar refractivity (Wildman–Crippen MR) is 76.6 cm³/mol. The second kappa shape index (κ2) is 7.08. The summed E-state index contributed by atoms with van der Waals surface area (Å²) in [6.07, 6.45) is -2.03. The molecule has 1 amide bonds. The number of rotatable bonds is 4. The van der Waals surface area contributed by atoms with Gasteiger partial charge in [-0.3, -0.25) is 0 Å². The Hall–Kier alpha value is -2.08. The molecular formula is C15H21NO5. The van der Waals surface area contributed by atoms with Gasteiger partial charge >= 0.3 is 12.1 Å². The van der Waals surface area contributed by atoms with Gasteiger partial charge in [0.25, 0.3) is 0 Å². The van der Waals surface area contributed by atoms with Gasteiger partial charge in [-0.05, 0) is 26.3 Å². The average molecular weight is 295 g/mol. The maximum Gasteiger partial charge on any atom is 0.408 e. The van der Waals surface area contributed by atoms with Crippen LogP contribution in [0.4, 0.5) is 4.79 Å². The Morgan fingerprint density at radius 3 is 2.24 bits per heavy atom. The Morgan fingerprint density at radius 1 is 1.19 bits per heavy atom. The Labute approximate surface area is 124 Å². The van der Waals surface area contributed by atoms with Crippen molar-refractivity contribution in [3.8, 4) is 0 Å². The number of aliphatic hydroxyl groups is 1. The average Bonchev–Trinajstić information content (AvgIpc) is 2.42. The highest BCUT2D eigenvalue weighted by Crippen LogP contribution is 2.18. The quantitative estimate of drug-likeness (QED) is 0.827. The third-order valence-electron chi connectivity index (χ3n) is 2.58. The van der Waals surface area contributed by atoms with Crippen LogP contribution >= 0.6 is 0 Å². The topological polar surface area (TPSA) is 84.9 Å².